The van der Waals surface area contributed by atoms with Crippen molar-refractivity contribution in [1.29, 1.82) is 0 Å². The summed E-state index contributed by atoms with van der Waals surface area (Å²) in [6.07, 6.45) is 3.02. The normalized spacial score (nSPS) is 30.4. The van der Waals surface area contributed by atoms with Crippen molar-refractivity contribution in [3.63, 3.8) is 0 Å². The number of hydrogen-bond donors (Lipinski definition) is 1. The fraction of sp³-hybridized carbons (Fsp3) is 0.846. The predicted octanol–water partition coefficient (Wildman–Crippen LogP) is 0.539. The van der Waals surface area contributed by atoms with Crippen LogP contribution in [0.25, 0.3) is 0 Å². The minimum Gasteiger partial charge on any atom is -0.376 e. The molecule has 5 nitrogen and oxygen atoms in total. The summed E-state index contributed by atoms with van der Waals surface area (Å²) < 4.78 is 5.58. The number of nitrogens with one attached hydrogen (secondary N) is 1. The third-order valence-electron chi connectivity index (χ3n) is 3.95. The second-order valence-corrected chi connectivity index (χ2v) is 5.23. The van der Waals surface area contributed by atoms with Gasteiger partial charge in [0, 0.05) is 13.2 Å². The van der Waals surface area contributed by atoms with E-state index in [4.69, 9.17) is 4.74 Å². The minimum absolute atomic E-state index is 0.00963. The molecular weight excluding hydrogens is 232 g/mol. The van der Waals surface area contributed by atoms with Crippen molar-refractivity contribution in [2.45, 2.75) is 45.3 Å². The van der Waals surface area contributed by atoms with Crippen LogP contribution >= 0.6 is 0 Å². The molecule has 3 atom stereocenters. The van der Waals surface area contributed by atoms with E-state index in [-0.39, 0.29) is 36.4 Å². The summed E-state index contributed by atoms with van der Waals surface area (Å²) >= 11 is 0. The Balaban J connectivity index is 2.09. The topological polar surface area (TPSA) is 58.6 Å². The Kier molecular flexibility index (Phi) is 4.22. The van der Waals surface area contributed by atoms with Crippen LogP contribution in [0.2, 0.25) is 0 Å². The first-order chi connectivity index (χ1) is 8.63. The zero-order chi connectivity index (χ0) is 13.1. The Labute approximate surface area is 108 Å². The van der Waals surface area contributed by atoms with E-state index < -0.39 is 0 Å². The number of ether oxygens (including phenoxy) is 1. The summed E-state index contributed by atoms with van der Waals surface area (Å²) in [7, 11) is 0. The molecule has 0 aromatic carbocycles. The first-order valence-corrected chi connectivity index (χ1v) is 6.82. The lowest BCUT2D eigenvalue weighted by Gasteiger charge is -2.39. The van der Waals surface area contributed by atoms with Crippen molar-refractivity contribution in [1.82, 2.24) is 10.2 Å². The Morgan fingerprint density at radius 3 is 2.89 bits per heavy atom. The smallest absolute Gasteiger partial charge is 0.243 e. The van der Waals surface area contributed by atoms with Gasteiger partial charge in [-0.05, 0) is 18.8 Å². The van der Waals surface area contributed by atoms with E-state index in [1.165, 1.54) is 0 Å². The highest BCUT2D eigenvalue weighted by molar-refractivity contribution is 5.95. The van der Waals surface area contributed by atoms with Crippen molar-refractivity contribution in [3.05, 3.63) is 0 Å². The Hall–Kier alpha value is -1.10. The molecule has 18 heavy (non-hydrogen) atoms. The molecule has 0 aromatic heterocycles. The molecule has 1 N–H and O–H groups in total. The number of amides is 2. The van der Waals surface area contributed by atoms with Crippen LogP contribution in [-0.2, 0) is 14.3 Å². The van der Waals surface area contributed by atoms with Crippen LogP contribution in [-0.4, -0.2) is 48.6 Å². The Morgan fingerprint density at radius 2 is 2.28 bits per heavy atom. The second-order valence-electron chi connectivity index (χ2n) is 5.23. The molecule has 0 radical (unpaired) electrons. The molecule has 0 aliphatic carbocycles. The van der Waals surface area contributed by atoms with Crippen LogP contribution in [0.1, 0.15) is 33.1 Å². The molecule has 2 aliphatic heterocycles. The molecule has 2 fully saturated rings. The molecule has 102 valence electrons. The fourth-order valence-electron chi connectivity index (χ4n) is 2.68. The van der Waals surface area contributed by atoms with E-state index in [1.807, 2.05) is 13.8 Å². The molecular formula is C13H22N2O3. The SMILES string of the molecule is CCC(C)C1C(=O)NCC(=O)N1CC1CCCO1. The Morgan fingerprint density at radius 1 is 1.50 bits per heavy atom. The van der Waals surface area contributed by atoms with E-state index in [0.717, 1.165) is 25.9 Å². The van der Waals surface area contributed by atoms with Gasteiger partial charge < -0.3 is 15.0 Å². The summed E-state index contributed by atoms with van der Waals surface area (Å²) in [6.45, 7) is 5.51. The third kappa shape index (κ3) is 2.66. The van der Waals surface area contributed by atoms with Crippen LogP contribution in [0, 0.1) is 5.92 Å². The van der Waals surface area contributed by atoms with E-state index in [2.05, 4.69) is 5.32 Å². The fourth-order valence-corrected chi connectivity index (χ4v) is 2.68. The zero-order valence-electron chi connectivity index (χ0n) is 11.1. The highest BCUT2D eigenvalue weighted by Gasteiger charge is 2.38. The number of carbonyl (C=O) groups is 2. The van der Waals surface area contributed by atoms with Crippen LogP contribution in [0.15, 0.2) is 0 Å². The Bertz CT molecular complexity index is 326. The first-order valence-electron chi connectivity index (χ1n) is 6.82. The van der Waals surface area contributed by atoms with E-state index >= 15 is 0 Å². The first kappa shape index (κ1) is 13.3. The van der Waals surface area contributed by atoms with Gasteiger partial charge in [-0.25, -0.2) is 0 Å². The number of rotatable bonds is 4. The summed E-state index contributed by atoms with van der Waals surface area (Å²) in [4.78, 5) is 25.7. The maximum Gasteiger partial charge on any atom is 0.243 e. The summed E-state index contributed by atoms with van der Waals surface area (Å²) in [6, 6.07) is -0.333. The second kappa shape index (κ2) is 5.69. The molecule has 0 saturated carbocycles. The molecule has 2 rings (SSSR count). The van der Waals surface area contributed by atoms with E-state index in [9.17, 15) is 9.59 Å². The van der Waals surface area contributed by atoms with Gasteiger partial charge in [-0.2, -0.15) is 0 Å². The quantitative estimate of drug-likeness (QED) is 0.796. The van der Waals surface area contributed by atoms with Gasteiger partial charge in [0.1, 0.15) is 6.04 Å². The molecule has 0 spiro atoms. The number of nitrogens with zero attached hydrogens (tertiary/aromatic N) is 1. The van der Waals surface area contributed by atoms with Crippen LogP contribution in [0.3, 0.4) is 0 Å². The molecule has 2 heterocycles. The zero-order valence-corrected chi connectivity index (χ0v) is 11.1. The standard InChI is InChI=1S/C13H22N2O3/c1-3-9(2)12-13(17)14-7-11(16)15(12)8-10-5-4-6-18-10/h9-10,12H,3-8H2,1-2H3,(H,14,17). The lowest BCUT2D eigenvalue weighted by Crippen LogP contribution is -2.61. The van der Waals surface area contributed by atoms with Gasteiger partial charge in [0.2, 0.25) is 11.8 Å². The summed E-state index contributed by atoms with van der Waals surface area (Å²) in [5, 5.41) is 2.68. The van der Waals surface area contributed by atoms with Crippen molar-refractivity contribution in [2.75, 3.05) is 19.7 Å². The van der Waals surface area contributed by atoms with E-state index in [0.29, 0.717) is 6.54 Å². The maximum atomic E-state index is 12.0. The van der Waals surface area contributed by atoms with Crippen LogP contribution in [0.5, 0.6) is 0 Å². The van der Waals surface area contributed by atoms with Crippen LogP contribution in [0.4, 0.5) is 0 Å². The third-order valence-corrected chi connectivity index (χ3v) is 3.95. The highest BCUT2D eigenvalue weighted by atomic mass is 16.5. The minimum atomic E-state index is -0.333. The largest absolute Gasteiger partial charge is 0.376 e. The van der Waals surface area contributed by atoms with Gasteiger partial charge in [0.05, 0.1) is 12.6 Å². The molecule has 2 aliphatic rings. The van der Waals surface area contributed by atoms with Crippen molar-refractivity contribution in [3.8, 4) is 0 Å². The van der Waals surface area contributed by atoms with Gasteiger partial charge in [0.15, 0.2) is 0 Å². The number of piperazine rings is 1. The van der Waals surface area contributed by atoms with Gasteiger partial charge in [-0.3, -0.25) is 9.59 Å². The average molecular weight is 254 g/mol. The lowest BCUT2D eigenvalue weighted by atomic mass is 9.94. The maximum absolute atomic E-state index is 12.0. The number of hydrogen-bond acceptors (Lipinski definition) is 3. The molecule has 2 saturated heterocycles. The molecule has 3 unspecified atom stereocenters. The average Bonchev–Trinajstić information content (AvgIpc) is 2.86. The van der Waals surface area contributed by atoms with Gasteiger partial charge in [-0.15, -0.1) is 0 Å². The number of carbonyl (C=O) groups excluding carboxylic acids is 2. The van der Waals surface area contributed by atoms with Gasteiger partial charge >= 0.3 is 0 Å². The van der Waals surface area contributed by atoms with Crippen molar-refractivity contribution < 1.29 is 14.3 Å². The highest BCUT2D eigenvalue weighted by Crippen LogP contribution is 2.21. The van der Waals surface area contributed by atoms with Gasteiger partial charge in [0.25, 0.3) is 0 Å². The molecule has 2 amide bonds. The summed E-state index contributed by atoms with van der Waals surface area (Å²) in [5.74, 6) is 0.160. The lowest BCUT2D eigenvalue weighted by molar-refractivity contribution is -0.149. The van der Waals surface area contributed by atoms with Crippen molar-refractivity contribution in [2.24, 2.45) is 5.92 Å². The molecule has 0 bridgehead atoms. The molecule has 5 heteroatoms. The van der Waals surface area contributed by atoms with E-state index in [1.54, 1.807) is 4.90 Å². The van der Waals surface area contributed by atoms with Gasteiger partial charge in [-0.1, -0.05) is 20.3 Å². The monoisotopic (exact) mass is 254 g/mol. The summed E-state index contributed by atoms with van der Waals surface area (Å²) in [5.41, 5.74) is 0. The van der Waals surface area contributed by atoms with Crippen molar-refractivity contribution >= 4 is 11.8 Å². The van der Waals surface area contributed by atoms with Crippen LogP contribution < -0.4 is 5.32 Å². The molecule has 0 aromatic rings. The predicted molar refractivity (Wildman–Crippen MR) is 66.9 cm³/mol.